The molecule has 0 fully saturated rings. The fourth-order valence-electron chi connectivity index (χ4n) is 2.92. The van der Waals surface area contributed by atoms with Gasteiger partial charge >= 0.3 is 51.4 Å². The Kier molecular flexibility index (Phi) is 23.7. The second kappa shape index (κ2) is 21.0. The molecule has 4 nitrogen and oxygen atoms in total. The Balaban J connectivity index is 0. The van der Waals surface area contributed by atoms with Crippen LogP contribution in [-0.4, -0.2) is 19.6 Å². The number of hydrogen-bond acceptors (Lipinski definition) is 4. The number of unbranched alkanes of at least 4 members (excludes halogenated alkanes) is 11. The van der Waals surface area contributed by atoms with Gasteiger partial charge in [0.05, 0.1) is 6.61 Å². The Morgan fingerprint density at radius 3 is 1.88 bits per heavy atom. The number of hydrogen-bond donors (Lipinski definition) is 0. The SMILES string of the molecule is CCCCCCCC/C=C/C(CCCCCCCC)COS(=O)(=O)[O-].[K+]. The molecular weight excluding hydrogens is 375 g/mol. The molecule has 0 N–H and O–H groups in total. The van der Waals surface area contributed by atoms with E-state index in [1.807, 2.05) is 6.08 Å². The third-order valence-electron chi connectivity index (χ3n) is 4.49. The Labute approximate surface area is 205 Å². The van der Waals surface area contributed by atoms with Crippen LogP contribution in [0.15, 0.2) is 12.2 Å². The molecule has 0 bridgehead atoms. The summed E-state index contributed by atoms with van der Waals surface area (Å²) in [7, 11) is -4.59. The predicted molar refractivity (Wildman–Crippen MR) is 104 cm³/mol. The van der Waals surface area contributed by atoms with Crippen molar-refractivity contribution < 1.29 is 68.5 Å². The van der Waals surface area contributed by atoms with Crippen LogP contribution in [0, 0.1) is 5.92 Å². The van der Waals surface area contributed by atoms with Crippen molar-refractivity contribution in [3.05, 3.63) is 12.2 Å². The molecule has 6 heteroatoms. The molecule has 0 aromatic heterocycles. The van der Waals surface area contributed by atoms with E-state index in [1.54, 1.807) is 0 Å². The van der Waals surface area contributed by atoms with Crippen molar-refractivity contribution in [2.45, 2.75) is 104 Å². The molecule has 0 aliphatic heterocycles. The third-order valence-corrected chi connectivity index (χ3v) is 4.91. The molecule has 0 aliphatic rings. The zero-order valence-electron chi connectivity index (χ0n) is 17.4. The maximum absolute atomic E-state index is 10.7. The van der Waals surface area contributed by atoms with E-state index < -0.39 is 10.4 Å². The molecule has 1 unspecified atom stereocenters. The van der Waals surface area contributed by atoms with Crippen molar-refractivity contribution in [2.75, 3.05) is 6.61 Å². The molecule has 150 valence electrons. The van der Waals surface area contributed by atoms with Gasteiger partial charge in [-0.3, -0.25) is 4.18 Å². The van der Waals surface area contributed by atoms with Crippen LogP contribution in [0.4, 0.5) is 0 Å². The first-order valence-corrected chi connectivity index (χ1v) is 11.6. The first-order valence-electron chi connectivity index (χ1n) is 10.3. The molecule has 0 radical (unpaired) electrons. The Morgan fingerprint density at radius 1 is 0.846 bits per heavy atom. The van der Waals surface area contributed by atoms with E-state index >= 15 is 0 Å². The fourth-order valence-corrected chi connectivity index (χ4v) is 3.27. The average Bonchev–Trinajstić information content (AvgIpc) is 2.56. The summed E-state index contributed by atoms with van der Waals surface area (Å²) in [6.45, 7) is 4.40. The zero-order chi connectivity index (χ0) is 18.8. The smallest absolute Gasteiger partial charge is 0.726 e. The quantitative estimate of drug-likeness (QED) is 0.114. The number of allylic oxidation sites excluding steroid dienone is 1. The van der Waals surface area contributed by atoms with E-state index in [-0.39, 0.29) is 63.9 Å². The molecule has 0 rings (SSSR count). The summed E-state index contributed by atoms with van der Waals surface area (Å²) in [5, 5.41) is 0. The van der Waals surface area contributed by atoms with Crippen LogP contribution in [0.5, 0.6) is 0 Å². The summed E-state index contributed by atoms with van der Waals surface area (Å²) < 4.78 is 36.5. The fraction of sp³-hybridized carbons (Fsp3) is 0.900. The molecule has 0 heterocycles. The first-order chi connectivity index (χ1) is 12.0. The summed E-state index contributed by atoms with van der Waals surface area (Å²) in [5.74, 6) is 0.0231. The molecular formula is C20H39KO4S. The number of rotatable bonds is 18. The van der Waals surface area contributed by atoms with Gasteiger partial charge in [0.15, 0.2) is 0 Å². The van der Waals surface area contributed by atoms with Gasteiger partial charge in [-0.1, -0.05) is 96.6 Å². The maximum atomic E-state index is 10.7. The second-order valence-corrected chi connectivity index (χ2v) is 8.05. The second-order valence-electron chi connectivity index (χ2n) is 6.99. The van der Waals surface area contributed by atoms with Crippen molar-refractivity contribution in [1.29, 1.82) is 0 Å². The van der Waals surface area contributed by atoms with Gasteiger partial charge in [-0.05, 0) is 19.3 Å². The van der Waals surface area contributed by atoms with Crippen molar-refractivity contribution in [3.63, 3.8) is 0 Å². The summed E-state index contributed by atoms with van der Waals surface area (Å²) in [4.78, 5) is 0. The van der Waals surface area contributed by atoms with Crippen molar-refractivity contribution >= 4 is 10.4 Å². The molecule has 1 atom stereocenters. The third kappa shape index (κ3) is 23.3. The van der Waals surface area contributed by atoms with Crippen LogP contribution in [0.1, 0.15) is 104 Å². The van der Waals surface area contributed by atoms with E-state index in [9.17, 15) is 13.0 Å². The standard InChI is InChI=1S/C20H40O4S.K/c1-3-5-7-9-11-12-14-16-18-20(19-24-25(21,22)23)17-15-13-10-8-6-4-2;/h16,18,20H,3-15,17,19H2,1-2H3,(H,21,22,23);/q;+1/p-1/b18-16+;. The molecule has 0 aromatic rings. The van der Waals surface area contributed by atoms with Crippen molar-refractivity contribution in [1.82, 2.24) is 0 Å². The van der Waals surface area contributed by atoms with Crippen LogP contribution in [0.3, 0.4) is 0 Å². The van der Waals surface area contributed by atoms with Crippen LogP contribution in [0.2, 0.25) is 0 Å². The summed E-state index contributed by atoms with van der Waals surface area (Å²) in [6, 6.07) is 0. The zero-order valence-corrected chi connectivity index (χ0v) is 21.3. The monoisotopic (exact) mass is 414 g/mol. The molecule has 0 aliphatic carbocycles. The minimum absolute atomic E-state index is 0. The summed E-state index contributed by atoms with van der Waals surface area (Å²) in [6.07, 6.45) is 20.9. The molecule has 0 saturated heterocycles. The minimum atomic E-state index is -4.59. The predicted octanol–water partition coefficient (Wildman–Crippen LogP) is 3.14. The molecule has 0 amide bonds. The van der Waals surface area contributed by atoms with Crippen LogP contribution < -0.4 is 51.4 Å². The minimum Gasteiger partial charge on any atom is -0.726 e. The van der Waals surface area contributed by atoms with Crippen molar-refractivity contribution in [2.24, 2.45) is 5.92 Å². The molecule has 0 spiro atoms. The molecule has 0 aromatic carbocycles. The van der Waals surface area contributed by atoms with Gasteiger partial charge in [-0.25, -0.2) is 8.42 Å². The van der Waals surface area contributed by atoms with Gasteiger partial charge < -0.3 is 4.55 Å². The molecule has 26 heavy (non-hydrogen) atoms. The Morgan fingerprint density at radius 2 is 1.35 bits per heavy atom. The van der Waals surface area contributed by atoms with Crippen LogP contribution in [0.25, 0.3) is 0 Å². The summed E-state index contributed by atoms with van der Waals surface area (Å²) >= 11 is 0. The van der Waals surface area contributed by atoms with Crippen LogP contribution in [-0.2, 0) is 14.6 Å². The topological polar surface area (TPSA) is 66.4 Å². The first kappa shape index (κ1) is 29.4. The van der Waals surface area contributed by atoms with Crippen molar-refractivity contribution in [3.8, 4) is 0 Å². The van der Waals surface area contributed by atoms with Gasteiger partial charge in [0, 0.05) is 5.92 Å². The van der Waals surface area contributed by atoms with Gasteiger partial charge in [-0.15, -0.1) is 0 Å². The van der Waals surface area contributed by atoms with E-state index in [0.29, 0.717) is 0 Å². The Bertz CT molecular complexity index is 410. The average molecular weight is 415 g/mol. The normalized spacial score (nSPS) is 13.0. The van der Waals surface area contributed by atoms with Gasteiger partial charge in [0.25, 0.3) is 0 Å². The summed E-state index contributed by atoms with van der Waals surface area (Å²) in [5.41, 5.74) is 0. The van der Waals surface area contributed by atoms with Crippen LogP contribution >= 0.6 is 0 Å². The van der Waals surface area contributed by atoms with E-state index in [0.717, 1.165) is 25.7 Å². The maximum Gasteiger partial charge on any atom is 1.00 e. The van der Waals surface area contributed by atoms with E-state index in [1.165, 1.54) is 64.2 Å². The van der Waals surface area contributed by atoms with Gasteiger partial charge in [-0.2, -0.15) is 0 Å². The van der Waals surface area contributed by atoms with Gasteiger partial charge in [0.1, 0.15) is 0 Å². The largest absolute Gasteiger partial charge is 1.00 e. The Hall–Kier alpha value is 1.25. The molecule has 0 saturated carbocycles. The van der Waals surface area contributed by atoms with Gasteiger partial charge in [0.2, 0.25) is 10.4 Å². The van der Waals surface area contributed by atoms with E-state index in [2.05, 4.69) is 24.1 Å². The van der Waals surface area contributed by atoms with E-state index in [4.69, 9.17) is 0 Å².